The number of aromatic amines is 1. The number of anilines is 1. The average molecular weight is 362 g/mol. The van der Waals surface area contributed by atoms with Gasteiger partial charge in [-0.15, -0.1) is 0 Å². The van der Waals surface area contributed by atoms with E-state index < -0.39 is 11.8 Å². The highest BCUT2D eigenvalue weighted by Crippen LogP contribution is 2.22. The second kappa shape index (κ2) is 7.61. The number of nitrogens with zero attached hydrogens (tertiary/aromatic N) is 2. The minimum atomic E-state index is -0.591. The molecule has 0 unspecified atom stereocenters. The predicted octanol–water partition coefficient (Wildman–Crippen LogP) is 2.98. The van der Waals surface area contributed by atoms with Crippen molar-refractivity contribution in [3.63, 3.8) is 0 Å². The molecule has 0 aliphatic carbocycles. The first kappa shape index (κ1) is 17.3. The summed E-state index contributed by atoms with van der Waals surface area (Å²) in [6, 6.07) is 15.8. The number of H-pyrrole nitrogens is 1. The number of aromatic nitrogens is 2. The van der Waals surface area contributed by atoms with Gasteiger partial charge in [0.2, 0.25) is 0 Å². The van der Waals surface area contributed by atoms with E-state index in [-0.39, 0.29) is 0 Å². The number of piperidine rings is 1. The smallest absolute Gasteiger partial charge is 0.313 e. The van der Waals surface area contributed by atoms with Crippen LogP contribution in [0.3, 0.4) is 0 Å². The number of nitrogens with one attached hydrogen (secondary N) is 2. The van der Waals surface area contributed by atoms with E-state index in [0.29, 0.717) is 24.7 Å². The highest BCUT2D eigenvalue weighted by atomic mass is 16.2. The van der Waals surface area contributed by atoms with Crippen molar-refractivity contribution in [1.29, 1.82) is 0 Å². The Morgan fingerprint density at radius 2 is 1.89 bits per heavy atom. The summed E-state index contributed by atoms with van der Waals surface area (Å²) in [7, 11) is 0. The third kappa shape index (κ3) is 4.00. The van der Waals surface area contributed by atoms with E-state index in [1.807, 2.05) is 12.1 Å². The Morgan fingerprint density at radius 3 is 2.67 bits per heavy atom. The number of hydrogen-bond donors (Lipinski definition) is 2. The lowest BCUT2D eigenvalue weighted by atomic mass is 9.90. The van der Waals surface area contributed by atoms with Gasteiger partial charge in [-0.1, -0.05) is 30.3 Å². The van der Waals surface area contributed by atoms with E-state index in [1.54, 1.807) is 23.4 Å². The number of fused-ring (bicyclic) bond motifs is 1. The Labute approximate surface area is 157 Å². The van der Waals surface area contributed by atoms with Crippen molar-refractivity contribution in [2.45, 2.75) is 19.3 Å². The van der Waals surface area contributed by atoms with Crippen LogP contribution in [0.2, 0.25) is 0 Å². The largest absolute Gasteiger partial charge is 0.345 e. The number of rotatable bonds is 3. The number of amides is 2. The van der Waals surface area contributed by atoms with Crippen LogP contribution in [0.1, 0.15) is 18.4 Å². The van der Waals surface area contributed by atoms with Crippen molar-refractivity contribution in [1.82, 2.24) is 14.9 Å². The van der Waals surface area contributed by atoms with Crippen LogP contribution in [0, 0.1) is 5.92 Å². The molecule has 1 aliphatic rings. The Hall–Kier alpha value is -3.15. The highest BCUT2D eigenvalue weighted by molar-refractivity contribution is 6.39. The fourth-order valence-corrected chi connectivity index (χ4v) is 3.63. The molecule has 0 bridgehead atoms. The molecule has 1 saturated heterocycles. The van der Waals surface area contributed by atoms with Gasteiger partial charge in [0, 0.05) is 18.8 Å². The van der Waals surface area contributed by atoms with Crippen LogP contribution in [0.4, 0.5) is 5.69 Å². The molecule has 1 aromatic heterocycles. The quantitative estimate of drug-likeness (QED) is 0.703. The van der Waals surface area contributed by atoms with Gasteiger partial charge in [-0.3, -0.25) is 9.59 Å². The summed E-state index contributed by atoms with van der Waals surface area (Å²) in [5, 5.41) is 2.69. The molecule has 0 atom stereocenters. The lowest BCUT2D eigenvalue weighted by Gasteiger charge is -2.31. The first-order chi connectivity index (χ1) is 13.2. The zero-order chi connectivity index (χ0) is 18.6. The first-order valence-electron chi connectivity index (χ1n) is 9.26. The number of carbonyl (C=O) groups is 2. The predicted molar refractivity (Wildman–Crippen MR) is 104 cm³/mol. The van der Waals surface area contributed by atoms with E-state index in [4.69, 9.17) is 0 Å². The molecule has 0 spiro atoms. The van der Waals surface area contributed by atoms with Crippen LogP contribution in [-0.2, 0) is 16.0 Å². The Kier molecular flexibility index (Phi) is 4.87. The normalized spacial score (nSPS) is 15.0. The maximum atomic E-state index is 12.5. The number of benzene rings is 2. The molecule has 2 aromatic carbocycles. The third-order valence-corrected chi connectivity index (χ3v) is 5.14. The van der Waals surface area contributed by atoms with Crippen LogP contribution in [0.25, 0.3) is 11.0 Å². The maximum Gasteiger partial charge on any atom is 0.313 e. The van der Waals surface area contributed by atoms with Gasteiger partial charge in [-0.2, -0.15) is 0 Å². The fraction of sp³-hybridized carbons (Fsp3) is 0.286. The minimum absolute atomic E-state index is 0.463. The molecule has 3 aromatic rings. The van der Waals surface area contributed by atoms with Gasteiger partial charge in [0.25, 0.3) is 0 Å². The monoisotopic (exact) mass is 362 g/mol. The fourth-order valence-electron chi connectivity index (χ4n) is 3.63. The Morgan fingerprint density at radius 1 is 1.11 bits per heavy atom. The van der Waals surface area contributed by atoms with Crippen molar-refractivity contribution in [3.05, 3.63) is 60.4 Å². The van der Waals surface area contributed by atoms with E-state index >= 15 is 0 Å². The molecule has 2 amide bonds. The van der Waals surface area contributed by atoms with Gasteiger partial charge in [0.1, 0.15) is 0 Å². The molecule has 138 valence electrons. The van der Waals surface area contributed by atoms with Crippen LogP contribution in [-0.4, -0.2) is 39.8 Å². The van der Waals surface area contributed by atoms with Gasteiger partial charge < -0.3 is 15.2 Å². The molecule has 0 saturated carbocycles. The van der Waals surface area contributed by atoms with Crippen molar-refractivity contribution < 1.29 is 9.59 Å². The van der Waals surface area contributed by atoms with Crippen molar-refractivity contribution in [2.75, 3.05) is 18.4 Å². The van der Waals surface area contributed by atoms with Crippen molar-refractivity contribution in [3.8, 4) is 0 Å². The SMILES string of the molecule is O=C(Nc1ccc2[nH]cnc2c1)C(=O)N1CCC(Cc2ccccc2)CC1. The first-order valence-corrected chi connectivity index (χ1v) is 9.26. The second-order valence-corrected chi connectivity index (χ2v) is 7.01. The summed E-state index contributed by atoms with van der Waals surface area (Å²) < 4.78 is 0. The molecule has 1 aliphatic heterocycles. The minimum Gasteiger partial charge on any atom is -0.345 e. The van der Waals surface area contributed by atoms with Crippen LogP contribution >= 0.6 is 0 Å². The maximum absolute atomic E-state index is 12.5. The molecule has 2 heterocycles. The summed E-state index contributed by atoms with van der Waals surface area (Å²) in [5.41, 5.74) is 3.54. The standard InChI is InChI=1S/C21H22N4O2/c26-20(24-17-6-7-18-19(13-17)23-14-22-18)21(27)25-10-8-16(9-11-25)12-15-4-2-1-3-5-15/h1-7,13-14,16H,8-12H2,(H,22,23)(H,24,26). The summed E-state index contributed by atoms with van der Waals surface area (Å²) >= 11 is 0. The molecular formula is C21H22N4O2. The van der Waals surface area contributed by atoms with Crippen LogP contribution in [0.5, 0.6) is 0 Å². The highest BCUT2D eigenvalue weighted by Gasteiger charge is 2.27. The van der Waals surface area contributed by atoms with Crippen molar-refractivity contribution in [2.24, 2.45) is 5.92 Å². The molecule has 1 fully saturated rings. The Bertz CT molecular complexity index is 943. The molecule has 2 N–H and O–H groups in total. The van der Waals surface area contributed by atoms with Crippen LogP contribution in [0.15, 0.2) is 54.9 Å². The summed E-state index contributed by atoms with van der Waals surface area (Å²) in [5.74, 6) is -0.497. The molecule has 27 heavy (non-hydrogen) atoms. The zero-order valence-electron chi connectivity index (χ0n) is 15.0. The molecule has 4 rings (SSSR count). The van der Waals surface area contributed by atoms with E-state index in [0.717, 1.165) is 30.3 Å². The van der Waals surface area contributed by atoms with Crippen LogP contribution < -0.4 is 5.32 Å². The number of carbonyl (C=O) groups excluding carboxylic acids is 2. The van der Waals surface area contributed by atoms with Gasteiger partial charge in [-0.05, 0) is 48.9 Å². The zero-order valence-corrected chi connectivity index (χ0v) is 15.0. The number of hydrogen-bond acceptors (Lipinski definition) is 3. The van der Waals surface area contributed by atoms with E-state index in [9.17, 15) is 9.59 Å². The van der Waals surface area contributed by atoms with Gasteiger partial charge in [0.15, 0.2) is 0 Å². The molecule has 6 nitrogen and oxygen atoms in total. The summed E-state index contributed by atoms with van der Waals surface area (Å²) in [6.45, 7) is 1.25. The van der Waals surface area contributed by atoms with Gasteiger partial charge in [-0.25, -0.2) is 4.98 Å². The molecule has 0 radical (unpaired) electrons. The topological polar surface area (TPSA) is 78.1 Å². The Balaban J connectivity index is 1.31. The number of imidazole rings is 1. The second-order valence-electron chi connectivity index (χ2n) is 7.01. The number of likely N-dealkylation sites (tertiary alicyclic amines) is 1. The van der Waals surface area contributed by atoms with Crippen molar-refractivity contribution >= 4 is 28.5 Å². The summed E-state index contributed by atoms with van der Waals surface area (Å²) in [6.07, 6.45) is 4.47. The summed E-state index contributed by atoms with van der Waals surface area (Å²) in [4.78, 5) is 33.6. The van der Waals surface area contributed by atoms with Gasteiger partial charge >= 0.3 is 11.8 Å². The van der Waals surface area contributed by atoms with E-state index in [1.165, 1.54) is 5.56 Å². The third-order valence-electron chi connectivity index (χ3n) is 5.14. The lowest BCUT2D eigenvalue weighted by molar-refractivity contribution is -0.144. The molecular weight excluding hydrogens is 340 g/mol. The van der Waals surface area contributed by atoms with Gasteiger partial charge in [0.05, 0.1) is 17.4 Å². The average Bonchev–Trinajstić information content (AvgIpc) is 3.16. The molecule has 6 heteroatoms. The lowest BCUT2D eigenvalue weighted by Crippen LogP contribution is -2.44. The van der Waals surface area contributed by atoms with E-state index in [2.05, 4.69) is 39.6 Å².